The van der Waals surface area contributed by atoms with Gasteiger partial charge in [0.05, 0.1) is 12.0 Å². The van der Waals surface area contributed by atoms with Crippen LogP contribution < -0.4 is 10.0 Å². The Bertz CT molecular complexity index is 968. The highest BCUT2D eigenvalue weighted by atomic mass is 32.2. The van der Waals surface area contributed by atoms with Gasteiger partial charge >= 0.3 is 5.97 Å². The number of carbonyl (C=O) groups is 2. The molecule has 0 radical (unpaired) electrons. The van der Waals surface area contributed by atoms with Crippen LogP contribution in [0.2, 0.25) is 0 Å². The quantitative estimate of drug-likeness (QED) is 0.736. The summed E-state index contributed by atoms with van der Waals surface area (Å²) in [5, 5.41) is 2.76. The minimum absolute atomic E-state index is 0.0121. The largest absolute Gasteiger partial charge is 0.468 e. The molecule has 27 heavy (non-hydrogen) atoms. The van der Waals surface area contributed by atoms with Crippen molar-refractivity contribution in [2.45, 2.75) is 24.2 Å². The van der Waals surface area contributed by atoms with Crippen molar-refractivity contribution in [1.82, 2.24) is 4.72 Å². The zero-order valence-electron chi connectivity index (χ0n) is 14.8. The second-order valence-electron chi connectivity index (χ2n) is 6.22. The van der Waals surface area contributed by atoms with Gasteiger partial charge in [-0.3, -0.25) is 9.59 Å². The molecule has 0 aromatic heterocycles. The molecule has 0 spiro atoms. The Kier molecular flexibility index (Phi) is 5.57. The van der Waals surface area contributed by atoms with E-state index in [1.807, 2.05) is 12.1 Å². The number of nitrogens with one attached hydrogen (secondary N) is 2. The van der Waals surface area contributed by atoms with Gasteiger partial charge in [-0.2, -0.15) is 4.72 Å². The number of amides is 1. The minimum atomic E-state index is -3.83. The predicted molar refractivity (Wildman–Crippen MR) is 100 cm³/mol. The molecule has 2 aromatic rings. The Morgan fingerprint density at radius 2 is 1.74 bits per heavy atom. The number of esters is 1. The van der Waals surface area contributed by atoms with Gasteiger partial charge in [-0.1, -0.05) is 6.07 Å². The van der Waals surface area contributed by atoms with Crippen LogP contribution in [0.3, 0.4) is 0 Å². The number of methoxy groups -OCH3 is 1. The van der Waals surface area contributed by atoms with Crippen molar-refractivity contribution in [2.24, 2.45) is 0 Å². The van der Waals surface area contributed by atoms with Crippen LogP contribution in [-0.4, -0.2) is 33.9 Å². The first-order valence-corrected chi connectivity index (χ1v) is 9.97. The van der Waals surface area contributed by atoms with Crippen molar-refractivity contribution >= 4 is 27.6 Å². The van der Waals surface area contributed by atoms with Gasteiger partial charge in [-0.05, 0) is 66.8 Å². The minimum Gasteiger partial charge on any atom is -0.468 e. The number of carbonyl (C=O) groups excluding carboxylic acids is 2. The topological polar surface area (TPSA) is 102 Å². The van der Waals surface area contributed by atoms with Crippen LogP contribution in [0.5, 0.6) is 0 Å². The van der Waals surface area contributed by atoms with Crippen molar-refractivity contribution in [3.8, 4) is 0 Å². The normalized spacial score (nSPS) is 13.1. The van der Waals surface area contributed by atoms with Gasteiger partial charge in [0.1, 0.15) is 6.54 Å². The van der Waals surface area contributed by atoms with E-state index in [0.29, 0.717) is 11.3 Å². The molecule has 0 saturated heterocycles. The molecule has 0 bridgehead atoms. The van der Waals surface area contributed by atoms with Crippen LogP contribution >= 0.6 is 0 Å². The van der Waals surface area contributed by atoms with E-state index in [1.165, 1.54) is 42.5 Å². The number of hydrogen-bond acceptors (Lipinski definition) is 5. The fraction of sp³-hybridized carbons (Fsp3) is 0.263. The third kappa shape index (κ3) is 4.53. The van der Waals surface area contributed by atoms with Gasteiger partial charge in [0.25, 0.3) is 5.91 Å². The molecule has 1 amide bonds. The summed E-state index contributed by atoms with van der Waals surface area (Å²) in [5.41, 5.74) is 3.56. The van der Waals surface area contributed by atoms with Crippen LogP contribution in [0.4, 0.5) is 5.69 Å². The number of anilines is 1. The van der Waals surface area contributed by atoms with Crippen molar-refractivity contribution in [3.05, 3.63) is 59.2 Å². The first-order chi connectivity index (χ1) is 12.9. The highest BCUT2D eigenvalue weighted by Gasteiger charge is 2.17. The molecule has 1 aliphatic rings. The highest BCUT2D eigenvalue weighted by molar-refractivity contribution is 7.89. The van der Waals surface area contributed by atoms with E-state index < -0.39 is 22.5 Å². The van der Waals surface area contributed by atoms with E-state index in [-0.39, 0.29) is 10.8 Å². The average molecular weight is 388 g/mol. The van der Waals surface area contributed by atoms with E-state index in [0.717, 1.165) is 19.3 Å². The van der Waals surface area contributed by atoms with Gasteiger partial charge in [0, 0.05) is 11.3 Å². The maximum absolute atomic E-state index is 12.4. The molecule has 0 aliphatic heterocycles. The number of aryl methyl sites for hydroxylation is 2. The Hall–Kier alpha value is -2.71. The van der Waals surface area contributed by atoms with Gasteiger partial charge in [0.2, 0.25) is 10.0 Å². The Balaban J connectivity index is 1.67. The molecule has 8 heteroatoms. The van der Waals surface area contributed by atoms with Crippen molar-refractivity contribution in [3.63, 3.8) is 0 Å². The number of ether oxygens (including phenoxy) is 1. The molecule has 2 N–H and O–H groups in total. The van der Waals surface area contributed by atoms with Gasteiger partial charge in [0.15, 0.2) is 0 Å². The van der Waals surface area contributed by atoms with Crippen LogP contribution in [-0.2, 0) is 32.4 Å². The zero-order chi connectivity index (χ0) is 19.4. The van der Waals surface area contributed by atoms with Gasteiger partial charge < -0.3 is 10.1 Å². The van der Waals surface area contributed by atoms with Crippen LogP contribution in [0.1, 0.15) is 27.9 Å². The molecule has 7 nitrogen and oxygen atoms in total. The molecular formula is C19H20N2O5S. The summed E-state index contributed by atoms with van der Waals surface area (Å²) in [7, 11) is -2.66. The summed E-state index contributed by atoms with van der Waals surface area (Å²) in [6.45, 7) is -0.449. The van der Waals surface area contributed by atoms with Crippen LogP contribution in [0.25, 0.3) is 0 Å². The maximum atomic E-state index is 12.4. The average Bonchev–Trinajstić information content (AvgIpc) is 3.14. The van der Waals surface area contributed by atoms with E-state index in [4.69, 9.17) is 0 Å². The highest BCUT2D eigenvalue weighted by Crippen LogP contribution is 2.23. The van der Waals surface area contributed by atoms with E-state index in [2.05, 4.69) is 14.8 Å². The van der Waals surface area contributed by atoms with Crippen molar-refractivity contribution < 1.29 is 22.7 Å². The first-order valence-electron chi connectivity index (χ1n) is 8.49. The Morgan fingerprint density at radius 3 is 2.44 bits per heavy atom. The van der Waals surface area contributed by atoms with Crippen molar-refractivity contribution in [1.29, 1.82) is 0 Å². The molecule has 0 unspecified atom stereocenters. The lowest BCUT2D eigenvalue weighted by atomic mass is 10.1. The maximum Gasteiger partial charge on any atom is 0.320 e. The molecule has 0 fully saturated rings. The lowest BCUT2D eigenvalue weighted by molar-refractivity contribution is -0.139. The molecule has 0 saturated carbocycles. The smallest absolute Gasteiger partial charge is 0.320 e. The summed E-state index contributed by atoms with van der Waals surface area (Å²) in [4.78, 5) is 23.5. The second-order valence-corrected chi connectivity index (χ2v) is 7.98. The standard InChI is InChI=1S/C19H20N2O5S/c1-26-18(22)12-20-27(24,25)17-9-7-16(8-10-17)21-19(23)15-6-5-13-3-2-4-14(13)11-15/h5-11,20H,2-4,12H2,1H3,(H,21,23). The summed E-state index contributed by atoms with van der Waals surface area (Å²) < 4.78 is 30.8. The molecule has 2 aromatic carbocycles. The number of rotatable bonds is 6. The molecule has 142 valence electrons. The van der Waals surface area contributed by atoms with Crippen LogP contribution in [0, 0.1) is 0 Å². The number of fused-ring (bicyclic) bond motifs is 1. The summed E-state index contributed by atoms with van der Waals surface area (Å²) in [5.74, 6) is -0.930. The SMILES string of the molecule is COC(=O)CNS(=O)(=O)c1ccc(NC(=O)c2ccc3c(c2)CCC3)cc1. The van der Waals surface area contributed by atoms with Crippen LogP contribution in [0.15, 0.2) is 47.4 Å². The zero-order valence-corrected chi connectivity index (χ0v) is 15.6. The third-order valence-corrected chi connectivity index (χ3v) is 5.83. The lowest BCUT2D eigenvalue weighted by Crippen LogP contribution is -2.30. The lowest BCUT2D eigenvalue weighted by Gasteiger charge is -2.09. The Morgan fingerprint density at radius 1 is 1.04 bits per heavy atom. The summed E-state index contributed by atoms with van der Waals surface area (Å²) in [6.07, 6.45) is 3.15. The van der Waals surface area contributed by atoms with E-state index >= 15 is 0 Å². The summed E-state index contributed by atoms with van der Waals surface area (Å²) >= 11 is 0. The summed E-state index contributed by atoms with van der Waals surface area (Å²) in [6, 6.07) is 11.4. The third-order valence-electron chi connectivity index (χ3n) is 4.42. The predicted octanol–water partition coefficient (Wildman–Crippen LogP) is 1.88. The number of hydrogen-bond donors (Lipinski definition) is 2. The fourth-order valence-corrected chi connectivity index (χ4v) is 3.91. The molecular weight excluding hydrogens is 368 g/mol. The second kappa shape index (κ2) is 7.89. The van der Waals surface area contributed by atoms with E-state index in [9.17, 15) is 18.0 Å². The molecule has 3 rings (SSSR count). The number of sulfonamides is 1. The molecule has 1 aliphatic carbocycles. The van der Waals surface area contributed by atoms with Gasteiger partial charge in [-0.25, -0.2) is 8.42 Å². The number of benzene rings is 2. The van der Waals surface area contributed by atoms with Crippen molar-refractivity contribution in [2.75, 3.05) is 19.0 Å². The molecule has 0 heterocycles. The first kappa shape index (κ1) is 19.1. The Labute approximate surface area is 157 Å². The molecule has 0 atom stereocenters. The van der Waals surface area contributed by atoms with E-state index in [1.54, 1.807) is 6.07 Å². The fourth-order valence-electron chi connectivity index (χ4n) is 2.94. The monoisotopic (exact) mass is 388 g/mol. The van der Waals surface area contributed by atoms with Gasteiger partial charge in [-0.15, -0.1) is 0 Å².